The summed E-state index contributed by atoms with van der Waals surface area (Å²) in [6, 6.07) is 1.23. The molecule has 1 saturated heterocycles. The third-order valence-electron chi connectivity index (χ3n) is 6.11. The first kappa shape index (κ1) is 28.3. The number of piperazine rings is 1. The molecule has 0 aliphatic carbocycles. The van der Waals surface area contributed by atoms with Gasteiger partial charge in [-0.3, -0.25) is 4.90 Å². The molecule has 0 atom stereocenters. The van der Waals surface area contributed by atoms with Crippen LogP contribution in [0.3, 0.4) is 0 Å². The summed E-state index contributed by atoms with van der Waals surface area (Å²) in [5.41, 5.74) is -0.495. The molecule has 2 heterocycles. The van der Waals surface area contributed by atoms with Crippen LogP contribution in [0.1, 0.15) is 57.7 Å². The Kier molecular flexibility index (Phi) is 8.33. The van der Waals surface area contributed by atoms with Crippen LogP contribution >= 0.6 is 0 Å². The second kappa shape index (κ2) is 10.00. The van der Waals surface area contributed by atoms with E-state index in [-0.39, 0.29) is 34.1 Å². The van der Waals surface area contributed by atoms with Crippen molar-refractivity contribution >= 4 is 30.3 Å². The Morgan fingerprint density at radius 1 is 1.09 bits per heavy atom. The first-order valence-corrected chi connectivity index (χ1v) is 15.8. The number of amides is 1. The molecule has 0 bridgehead atoms. The summed E-state index contributed by atoms with van der Waals surface area (Å²) in [5, 5.41) is -0.533. The molecule has 194 valence electrons. The molecule has 1 aromatic rings. The van der Waals surface area contributed by atoms with Crippen LogP contribution in [0.4, 0.5) is 4.79 Å². The van der Waals surface area contributed by atoms with Gasteiger partial charge >= 0.3 is 12.1 Å². The Morgan fingerprint density at radius 2 is 1.65 bits per heavy atom. The number of carbonyl (C=O) groups is 2. The molecule has 0 unspecified atom stereocenters. The highest BCUT2D eigenvalue weighted by atomic mass is 32.2. The molecule has 0 saturated carbocycles. The molecule has 0 aromatic carbocycles. The molecule has 1 amide bonds. The lowest BCUT2D eigenvalue weighted by molar-refractivity contribution is 0.0133. The van der Waals surface area contributed by atoms with Crippen LogP contribution in [0.15, 0.2) is 15.6 Å². The lowest BCUT2D eigenvalue weighted by Crippen LogP contribution is -2.54. The van der Waals surface area contributed by atoms with E-state index in [9.17, 15) is 18.0 Å². The van der Waals surface area contributed by atoms with Crippen molar-refractivity contribution < 1.29 is 31.9 Å². The third-order valence-corrected chi connectivity index (χ3v) is 13.7. The van der Waals surface area contributed by atoms with Crippen LogP contribution in [0.25, 0.3) is 0 Å². The zero-order chi connectivity index (χ0) is 26.1. The van der Waals surface area contributed by atoms with Crippen molar-refractivity contribution in [3.63, 3.8) is 0 Å². The number of nitrogens with zero attached hydrogens (tertiary/aromatic N) is 2. The minimum absolute atomic E-state index is 0.0766. The SMILES string of the molecule is COC(=O)c1cc(S(=O)(=O)N[Si](C)(C)C(C)(C)C)oc1CN1CCN(C(=O)OC(C)(C)C)CC1. The van der Waals surface area contributed by atoms with Crippen molar-refractivity contribution in [2.75, 3.05) is 33.3 Å². The highest BCUT2D eigenvalue weighted by Gasteiger charge is 2.41. The van der Waals surface area contributed by atoms with Gasteiger partial charge in [0.05, 0.1) is 13.7 Å². The second-order valence-electron chi connectivity index (χ2n) is 11.1. The summed E-state index contributed by atoms with van der Waals surface area (Å²) in [7, 11) is -5.16. The zero-order valence-corrected chi connectivity index (χ0v) is 23.6. The molecule has 34 heavy (non-hydrogen) atoms. The van der Waals surface area contributed by atoms with Gasteiger partial charge in [-0.1, -0.05) is 33.9 Å². The molecule has 1 N–H and O–H groups in total. The quantitative estimate of drug-likeness (QED) is 0.451. The second-order valence-corrected chi connectivity index (χ2v) is 18.1. The minimum atomic E-state index is -3.97. The number of hydrogen-bond donors (Lipinski definition) is 1. The fourth-order valence-electron chi connectivity index (χ4n) is 3.09. The Bertz CT molecular complexity index is 999. The average molecular weight is 518 g/mol. The van der Waals surface area contributed by atoms with Crippen molar-refractivity contribution in [3.05, 3.63) is 17.4 Å². The van der Waals surface area contributed by atoms with E-state index in [4.69, 9.17) is 13.9 Å². The van der Waals surface area contributed by atoms with Gasteiger partial charge in [-0.2, -0.15) is 0 Å². The minimum Gasteiger partial charge on any atom is -0.465 e. The third kappa shape index (κ3) is 7.06. The molecule has 0 radical (unpaired) electrons. The van der Waals surface area contributed by atoms with Gasteiger partial charge < -0.3 is 18.8 Å². The van der Waals surface area contributed by atoms with Crippen molar-refractivity contribution in [2.45, 2.75) is 76.9 Å². The number of esters is 1. The molecule has 1 aliphatic heterocycles. The molecule has 1 fully saturated rings. The van der Waals surface area contributed by atoms with E-state index in [1.807, 2.05) is 59.5 Å². The predicted octanol–water partition coefficient (Wildman–Crippen LogP) is 3.40. The van der Waals surface area contributed by atoms with Gasteiger partial charge in [-0.15, -0.1) is 0 Å². The topological polar surface area (TPSA) is 118 Å². The number of carbonyl (C=O) groups excluding carboxylic acids is 2. The van der Waals surface area contributed by atoms with Gasteiger partial charge in [-0.05, 0) is 25.8 Å². The lowest BCUT2D eigenvalue weighted by Gasteiger charge is -2.36. The number of hydrogen-bond acceptors (Lipinski definition) is 8. The number of ether oxygens (including phenoxy) is 2. The Morgan fingerprint density at radius 3 is 2.12 bits per heavy atom. The molecule has 10 nitrogen and oxygen atoms in total. The van der Waals surface area contributed by atoms with Gasteiger partial charge in [0.2, 0.25) is 5.09 Å². The molecule has 1 aliphatic rings. The lowest BCUT2D eigenvalue weighted by atomic mass is 10.2. The fraction of sp³-hybridized carbons (Fsp3) is 0.727. The first-order valence-electron chi connectivity index (χ1n) is 11.3. The van der Waals surface area contributed by atoms with Crippen LogP contribution in [0.2, 0.25) is 18.1 Å². The van der Waals surface area contributed by atoms with Crippen LogP contribution in [-0.2, 0) is 26.0 Å². The van der Waals surface area contributed by atoms with E-state index in [0.29, 0.717) is 26.2 Å². The maximum Gasteiger partial charge on any atom is 0.410 e. The van der Waals surface area contributed by atoms with Gasteiger partial charge in [0.1, 0.15) is 25.2 Å². The number of methoxy groups -OCH3 is 1. The smallest absolute Gasteiger partial charge is 0.410 e. The van der Waals surface area contributed by atoms with Gasteiger partial charge in [0, 0.05) is 32.2 Å². The van der Waals surface area contributed by atoms with E-state index in [2.05, 4.69) is 4.39 Å². The molecular weight excluding hydrogens is 478 g/mol. The Hall–Kier alpha value is -1.89. The molecule has 1 aromatic heterocycles. The largest absolute Gasteiger partial charge is 0.465 e. The molecular formula is C22H39N3O7SSi. The van der Waals surface area contributed by atoms with Crippen LogP contribution < -0.4 is 4.39 Å². The van der Waals surface area contributed by atoms with Crippen molar-refractivity contribution in [3.8, 4) is 0 Å². The number of sulfonamides is 1. The Labute approximate surface area is 204 Å². The average Bonchev–Trinajstić information content (AvgIpc) is 3.09. The van der Waals surface area contributed by atoms with Crippen molar-refractivity contribution in [1.29, 1.82) is 0 Å². The van der Waals surface area contributed by atoms with Crippen molar-refractivity contribution in [2.24, 2.45) is 0 Å². The highest BCUT2D eigenvalue weighted by molar-refractivity contribution is 7.90. The van der Waals surface area contributed by atoms with E-state index in [1.165, 1.54) is 13.2 Å². The maximum absolute atomic E-state index is 13.1. The molecule has 2 rings (SSSR count). The van der Waals surface area contributed by atoms with Crippen LogP contribution in [0, 0.1) is 0 Å². The van der Waals surface area contributed by atoms with Crippen LogP contribution in [-0.4, -0.2) is 77.4 Å². The summed E-state index contributed by atoms with van der Waals surface area (Å²) < 4.78 is 45.0. The monoisotopic (exact) mass is 517 g/mol. The van der Waals surface area contributed by atoms with Crippen LogP contribution in [0.5, 0.6) is 0 Å². The summed E-state index contributed by atoms with van der Waals surface area (Å²) in [5.74, 6) is -0.451. The summed E-state index contributed by atoms with van der Waals surface area (Å²) >= 11 is 0. The van der Waals surface area contributed by atoms with Gasteiger partial charge in [0.25, 0.3) is 10.0 Å². The number of nitrogens with one attached hydrogen (secondary N) is 1. The molecule has 0 spiro atoms. The standard InChI is InChI=1S/C22H39N3O7SSi/c1-21(2,3)32-20(27)25-12-10-24(11-13-25)15-17-16(19(26)30-7)14-18(31-17)33(28,29)23-34(8,9)22(4,5)6/h14,23H,10-13,15H2,1-9H3. The Balaban J connectivity index is 2.19. The van der Waals surface area contributed by atoms with E-state index >= 15 is 0 Å². The van der Waals surface area contributed by atoms with E-state index < -0.39 is 29.8 Å². The summed E-state index contributed by atoms with van der Waals surface area (Å²) in [6.07, 6.45) is -0.370. The zero-order valence-electron chi connectivity index (χ0n) is 21.8. The van der Waals surface area contributed by atoms with Crippen molar-refractivity contribution in [1.82, 2.24) is 14.2 Å². The highest BCUT2D eigenvalue weighted by Crippen LogP contribution is 2.35. The first-order chi connectivity index (χ1) is 15.4. The molecule has 12 heteroatoms. The maximum atomic E-state index is 13.1. The number of furan rings is 1. The van der Waals surface area contributed by atoms with Gasteiger partial charge in [-0.25, -0.2) is 22.4 Å². The summed E-state index contributed by atoms with van der Waals surface area (Å²) in [4.78, 5) is 28.3. The normalized spacial score (nSPS) is 16.4. The predicted molar refractivity (Wildman–Crippen MR) is 131 cm³/mol. The van der Waals surface area contributed by atoms with E-state index in [0.717, 1.165) is 0 Å². The van der Waals surface area contributed by atoms with Gasteiger partial charge in [0.15, 0.2) is 0 Å². The van der Waals surface area contributed by atoms with E-state index in [1.54, 1.807) is 4.90 Å². The summed E-state index contributed by atoms with van der Waals surface area (Å²) in [6.45, 7) is 17.4. The fourth-order valence-corrected chi connectivity index (χ4v) is 7.89. The number of rotatable bonds is 6.